The molecular weight excluding hydrogens is 344 g/mol. The summed E-state index contributed by atoms with van der Waals surface area (Å²) in [6.07, 6.45) is 1.25. The van der Waals surface area contributed by atoms with Crippen LogP contribution >= 0.6 is 0 Å². The maximum absolute atomic E-state index is 12.7. The number of carbonyl (C=O) groups excluding carboxylic acids is 1. The topological polar surface area (TPSA) is 73.6 Å². The van der Waals surface area contributed by atoms with E-state index in [9.17, 15) is 4.79 Å². The van der Waals surface area contributed by atoms with Crippen LogP contribution < -0.4 is 14.8 Å². The van der Waals surface area contributed by atoms with E-state index in [-0.39, 0.29) is 11.6 Å². The summed E-state index contributed by atoms with van der Waals surface area (Å²) in [5, 5.41) is 2.85. The van der Waals surface area contributed by atoms with Crippen molar-refractivity contribution in [2.45, 2.75) is 19.8 Å². The summed E-state index contributed by atoms with van der Waals surface area (Å²) in [6, 6.07) is 13.0. The zero-order valence-electron chi connectivity index (χ0n) is 15.8. The van der Waals surface area contributed by atoms with Crippen LogP contribution in [0.5, 0.6) is 11.5 Å². The zero-order chi connectivity index (χ0) is 19.4. The number of carbonyl (C=O) groups is 1. The number of benzene rings is 2. The van der Waals surface area contributed by atoms with Crippen LogP contribution in [0.25, 0.3) is 11.3 Å². The quantitative estimate of drug-likeness (QED) is 0.682. The van der Waals surface area contributed by atoms with Gasteiger partial charge < -0.3 is 19.2 Å². The van der Waals surface area contributed by atoms with Crippen molar-refractivity contribution in [1.82, 2.24) is 4.98 Å². The van der Waals surface area contributed by atoms with Crippen molar-refractivity contribution in [2.75, 3.05) is 19.5 Å². The van der Waals surface area contributed by atoms with E-state index in [0.29, 0.717) is 34.4 Å². The van der Waals surface area contributed by atoms with Gasteiger partial charge in [-0.25, -0.2) is 4.98 Å². The van der Waals surface area contributed by atoms with Gasteiger partial charge in [-0.1, -0.05) is 26.0 Å². The fraction of sp³-hybridized carbons (Fsp3) is 0.238. The Morgan fingerprint density at radius 1 is 1.04 bits per heavy atom. The number of aromatic nitrogens is 1. The molecule has 0 bridgehead atoms. The van der Waals surface area contributed by atoms with Crippen molar-refractivity contribution >= 4 is 11.6 Å². The Morgan fingerprint density at radius 3 is 2.37 bits per heavy atom. The van der Waals surface area contributed by atoms with Gasteiger partial charge in [0.05, 0.1) is 14.2 Å². The Balaban J connectivity index is 1.85. The second-order valence-corrected chi connectivity index (χ2v) is 6.33. The summed E-state index contributed by atoms with van der Waals surface area (Å²) in [4.78, 5) is 16.8. The van der Waals surface area contributed by atoms with Gasteiger partial charge in [0, 0.05) is 11.3 Å². The molecule has 1 N–H and O–H groups in total. The van der Waals surface area contributed by atoms with Crippen molar-refractivity contribution in [1.29, 1.82) is 0 Å². The third-order valence-electron chi connectivity index (χ3n) is 4.26. The van der Waals surface area contributed by atoms with Crippen molar-refractivity contribution in [3.05, 3.63) is 60.1 Å². The van der Waals surface area contributed by atoms with E-state index >= 15 is 0 Å². The van der Waals surface area contributed by atoms with E-state index in [1.165, 1.54) is 12.0 Å². The van der Waals surface area contributed by atoms with Crippen LogP contribution in [0.3, 0.4) is 0 Å². The lowest BCUT2D eigenvalue weighted by atomic mass is 10.0. The molecule has 0 saturated carbocycles. The van der Waals surface area contributed by atoms with Crippen LogP contribution in [0.1, 0.15) is 35.8 Å². The third kappa shape index (κ3) is 3.95. The monoisotopic (exact) mass is 366 g/mol. The predicted octanol–water partition coefficient (Wildman–Crippen LogP) is 4.73. The van der Waals surface area contributed by atoms with Crippen LogP contribution in [-0.2, 0) is 0 Å². The predicted molar refractivity (Wildman–Crippen MR) is 104 cm³/mol. The average Bonchev–Trinajstić information content (AvgIpc) is 3.17. The summed E-state index contributed by atoms with van der Waals surface area (Å²) in [5.74, 6) is 1.60. The fourth-order valence-electron chi connectivity index (χ4n) is 2.73. The van der Waals surface area contributed by atoms with Gasteiger partial charge in [0.2, 0.25) is 0 Å². The van der Waals surface area contributed by atoms with Crippen LogP contribution in [0.15, 0.2) is 53.3 Å². The summed E-state index contributed by atoms with van der Waals surface area (Å²) in [5.41, 5.74) is 2.78. The highest BCUT2D eigenvalue weighted by Gasteiger charge is 2.20. The van der Waals surface area contributed by atoms with E-state index in [0.717, 1.165) is 0 Å². The molecule has 27 heavy (non-hydrogen) atoms. The van der Waals surface area contributed by atoms with Crippen molar-refractivity contribution in [3.63, 3.8) is 0 Å². The zero-order valence-corrected chi connectivity index (χ0v) is 15.8. The fourth-order valence-corrected chi connectivity index (χ4v) is 2.73. The smallest absolute Gasteiger partial charge is 0.278 e. The standard InChI is InChI=1S/C21H22N2O4/c1-13(2)14-5-8-16(9-6-14)23-21(24)19-20(27-12-22-19)15-7-10-17(25-3)18(11-15)26-4/h5-13H,1-4H3,(H,23,24). The molecule has 0 aliphatic heterocycles. The van der Waals surface area contributed by atoms with Gasteiger partial charge in [0.1, 0.15) is 0 Å². The normalized spacial score (nSPS) is 10.7. The van der Waals surface area contributed by atoms with Gasteiger partial charge in [-0.3, -0.25) is 4.79 Å². The van der Waals surface area contributed by atoms with Gasteiger partial charge in [0.25, 0.3) is 5.91 Å². The largest absolute Gasteiger partial charge is 0.493 e. The minimum atomic E-state index is -0.342. The number of anilines is 1. The highest BCUT2D eigenvalue weighted by Crippen LogP contribution is 2.33. The molecule has 3 aromatic rings. The van der Waals surface area contributed by atoms with Gasteiger partial charge in [-0.05, 0) is 41.8 Å². The molecule has 6 nitrogen and oxygen atoms in total. The Hall–Kier alpha value is -3.28. The highest BCUT2D eigenvalue weighted by molar-refractivity contribution is 6.06. The van der Waals surface area contributed by atoms with E-state index in [1.54, 1.807) is 32.4 Å². The second-order valence-electron chi connectivity index (χ2n) is 6.33. The first-order valence-corrected chi connectivity index (χ1v) is 8.60. The number of nitrogens with zero attached hydrogens (tertiary/aromatic N) is 1. The van der Waals surface area contributed by atoms with Crippen LogP contribution in [0, 0.1) is 0 Å². The molecule has 2 aromatic carbocycles. The van der Waals surface area contributed by atoms with Crippen molar-refractivity contribution < 1.29 is 18.7 Å². The minimum absolute atomic E-state index is 0.204. The number of oxazole rings is 1. The lowest BCUT2D eigenvalue weighted by molar-refractivity contribution is 0.102. The number of methoxy groups -OCH3 is 2. The third-order valence-corrected chi connectivity index (χ3v) is 4.26. The molecule has 0 aliphatic carbocycles. The van der Waals surface area contributed by atoms with E-state index in [1.807, 2.05) is 24.3 Å². The number of nitrogens with one attached hydrogen (secondary N) is 1. The van der Waals surface area contributed by atoms with E-state index in [2.05, 4.69) is 24.1 Å². The SMILES string of the molecule is COc1ccc(-c2ocnc2C(=O)Nc2ccc(C(C)C)cc2)cc1OC. The molecule has 0 unspecified atom stereocenters. The van der Waals surface area contributed by atoms with E-state index < -0.39 is 0 Å². The Morgan fingerprint density at radius 2 is 1.74 bits per heavy atom. The molecule has 0 atom stereocenters. The second kappa shape index (κ2) is 7.95. The maximum atomic E-state index is 12.7. The molecule has 6 heteroatoms. The van der Waals surface area contributed by atoms with Gasteiger partial charge in [-0.15, -0.1) is 0 Å². The molecule has 1 heterocycles. The van der Waals surface area contributed by atoms with Crippen LogP contribution in [-0.4, -0.2) is 25.1 Å². The average molecular weight is 366 g/mol. The number of rotatable bonds is 6. The lowest BCUT2D eigenvalue weighted by Crippen LogP contribution is -2.13. The molecule has 0 saturated heterocycles. The van der Waals surface area contributed by atoms with Gasteiger partial charge in [-0.2, -0.15) is 0 Å². The Kier molecular flexibility index (Phi) is 5.45. The Bertz CT molecular complexity index is 930. The van der Waals surface area contributed by atoms with Crippen molar-refractivity contribution in [2.24, 2.45) is 0 Å². The molecule has 0 aliphatic rings. The summed E-state index contributed by atoms with van der Waals surface area (Å²) in [6.45, 7) is 4.25. The molecule has 0 radical (unpaired) electrons. The first-order valence-electron chi connectivity index (χ1n) is 8.60. The molecule has 0 spiro atoms. The van der Waals surface area contributed by atoms with E-state index in [4.69, 9.17) is 13.9 Å². The minimum Gasteiger partial charge on any atom is -0.493 e. The summed E-state index contributed by atoms with van der Waals surface area (Å²) >= 11 is 0. The van der Waals surface area contributed by atoms with Crippen molar-refractivity contribution in [3.8, 4) is 22.8 Å². The van der Waals surface area contributed by atoms with Crippen LogP contribution in [0.4, 0.5) is 5.69 Å². The van der Waals surface area contributed by atoms with Crippen LogP contribution in [0.2, 0.25) is 0 Å². The number of ether oxygens (including phenoxy) is 2. The summed E-state index contributed by atoms with van der Waals surface area (Å²) in [7, 11) is 3.12. The molecule has 3 rings (SSSR count). The molecule has 1 amide bonds. The first kappa shape index (κ1) is 18.5. The lowest BCUT2D eigenvalue weighted by Gasteiger charge is -2.10. The Labute approximate surface area is 158 Å². The number of amides is 1. The van der Waals surface area contributed by atoms with Gasteiger partial charge >= 0.3 is 0 Å². The van der Waals surface area contributed by atoms with Gasteiger partial charge in [0.15, 0.2) is 29.3 Å². The molecule has 0 fully saturated rings. The first-order chi connectivity index (χ1) is 13.0. The number of hydrogen-bond acceptors (Lipinski definition) is 5. The molecular formula is C21H22N2O4. The maximum Gasteiger partial charge on any atom is 0.278 e. The molecule has 140 valence electrons. The summed E-state index contributed by atoms with van der Waals surface area (Å²) < 4.78 is 16.0. The number of hydrogen-bond donors (Lipinski definition) is 1. The molecule has 1 aromatic heterocycles. The highest BCUT2D eigenvalue weighted by atomic mass is 16.5.